The zero-order valence-electron chi connectivity index (χ0n) is 56.9. The summed E-state index contributed by atoms with van der Waals surface area (Å²) < 4.78 is 22.8. The van der Waals surface area contributed by atoms with Crippen LogP contribution in [-0.4, -0.2) is 82.3 Å². The van der Waals surface area contributed by atoms with Gasteiger partial charge in [0.15, 0.2) is 12.4 Å². The van der Waals surface area contributed by atoms with E-state index in [0.717, 1.165) is 103 Å². The number of likely N-dealkylation sites (N-methyl/N-ethyl adjacent to an activating group) is 1. The fourth-order valence-electron chi connectivity index (χ4n) is 9.76. The van der Waals surface area contributed by atoms with Gasteiger partial charge in [-0.3, -0.25) is 9.59 Å². The predicted molar refractivity (Wildman–Crippen MR) is 370 cm³/mol. The third kappa shape index (κ3) is 69.0. The van der Waals surface area contributed by atoms with Gasteiger partial charge in [-0.25, -0.2) is 0 Å². The molecule has 87 heavy (non-hydrogen) atoms. The van der Waals surface area contributed by atoms with Crippen LogP contribution in [0.15, 0.2) is 122 Å². The van der Waals surface area contributed by atoms with E-state index in [4.69, 9.17) is 18.9 Å². The van der Waals surface area contributed by atoms with Crippen molar-refractivity contribution in [3.8, 4) is 0 Å². The minimum Gasteiger partial charge on any atom is -0.545 e. The third-order valence-corrected chi connectivity index (χ3v) is 15.2. The molecule has 0 rings (SSSR count). The number of carbonyl (C=O) groups excluding carboxylic acids is 3. The van der Waals surface area contributed by atoms with Crippen LogP contribution >= 0.6 is 0 Å². The van der Waals surface area contributed by atoms with E-state index in [1.807, 2.05) is 21.1 Å². The van der Waals surface area contributed by atoms with Crippen LogP contribution in [0.25, 0.3) is 0 Å². The normalized spacial score (nSPS) is 13.4. The van der Waals surface area contributed by atoms with Crippen LogP contribution in [0.1, 0.15) is 296 Å². The van der Waals surface area contributed by atoms with Gasteiger partial charge >= 0.3 is 11.9 Å². The van der Waals surface area contributed by atoms with Crippen molar-refractivity contribution in [1.29, 1.82) is 0 Å². The van der Waals surface area contributed by atoms with Crippen LogP contribution in [0.2, 0.25) is 0 Å². The van der Waals surface area contributed by atoms with Crippen molar-refractivity contribution in [3.05, 3.63) is 122 Å². The van der Waals surface area contributed by atoms with Gasteiger partial charge in [0, 0.05) is 12.8 Å². The Labute approximate surface area is 536 Å². The molecule has 0 fully saturated rings. The Bertz CT molecular complexity index is 1840. The van der Waals surface area contributed by atoms with Crippen LogP contribution in [0.4, 0.5) is 0 Å². The molecule has 0 saturated heterocycles. The van der Waals surface area contributed by atoms with Crippen LogP contribution < -0.4 is 5.11 Å². The number of hydrogen-bond donors (Lipinski definition) is 0. The highest BCUT2D eigenvalue weighted by Gasteiger charge is 2.22. The Morgan fingerprint density at radius 1 is 0.356 bits per heavy atom. The maximum Gasteiger partial charge on any atom is 0.306 e. The van der Waals surface area contributed by atoms with E-state index >= 15 is 0 Å². The minimum absolute atomic E-state index is 0.142. The van der Waals surface area contributed by atoms with Gasteiger partial charge in [-0.1, -0.05) is 296 Å². The standard InChI is InChI=1S/C78H133NO8/c1-6-8-10-12-14-16-18-20-22-24-26-28-30-32-34-36-37-38-39-41-43-45-47-49-51-53-55-57-59-61-63-65-67-69-76(81)87-74(73-86-78(77(82)83)84-71-70-79(3,4)5)72-85-75(80)68-66-64-62-60-58-56-54-52-50-48-46-44-42-40-35-33-31-29-27-25-23-21-19-17-15-13-11-9-7-2/h8,10,14,16,19-22,25-28,31-34,37-38,41,43,74,78H,6-7,9,11-13,15,17-18,23-24,29-30,35-36,39-40,42,44-73H2,1-5H3/b10-8-,16-14-,21-19-,22-20-,27-25-,28-26-,33-31-,34-32-,38-37-,43-41-. The van der Waals surface area contributed by atoms with E-state index in [1.165, 1.54) is 161 Å². The van der Waals surface area contributed by atoms with Crippen molar-refractivity contribution in [2.75, 3.05) is 47.5 Å². The molecule has 2 unspecified atom stereocenters. The molecule has 0 amide bonds. The molecule has 0 aromatic rings. The minimum atomic E-state index is -1.63. The molecule has 0 spiro atoms. The van der Waals surface area contributed by atoms with Crippen molar-refractivity contribution in [1.82, 2.24) is 0 Å². The van der Waals surface area contributed by atoms with Gasteiger partial charge < -0.3 is 33.3 Å². The Hall–Kier alpha value is -4.31. The van der Waals surface area contributed by atoms with Gasteiger partial charge in [0.2, 0.25) is 0 Å². The highest BCUT2D eigenvalue weighted by molar-refractivity contribution is 5.70. The molecule has 0 aromatic heterocycles. The molecule has 0 heterocycles. The molecule has 0 aliphatic rings. The number of quaternary nitrogens is 1. The Kier molecular flexibility index (Phi) is 64.3. The number of carboxylic acids is 1. The molecule has 0 bridgehead atoms. The molecular formula is C78H133NO8. The number of nitrogens with zero attached hydrogens (tertiary/aromatic N) is 1. The zero-order valence-corrected chi connectivity index (χ0v) is 56.9. The van der Waals surface area contributed by atoms with Crippen molar-refractivity contribution in [2.45, 2.75) is 309 Å². The number of hydrogen-bond acceptors (Lipinski definition) is 8. The average molecular weight is 1210 g/mol. The highest BCUT2D eigenvalue weighted by atomic mass is 16.7. The van der Waals surface area contributed by atoms with E-state index in [1.54, 1.807) is 0 Å². The maximum absolute atomic E-state index is 12.9. The average Bonchev–Trinajstić information content (AvgIpc) is 3.59. The summed E-state index contributed by atoms with van der Waals surface area (Å²) in [5.74, 6) is -2.29. The van der Waals surface area contributed by atoms with E-state index < -0.39 is 24.3 Å². The number of allylic oxidation sites excluding steroid dienone is 20. The molecule has 0 aliphatic heterocycles. The van der Waals surface area contributed by atoms with Gasteiger partial charge in [-0.05, 0) is 109 Å². The first-order chi connectivity index (χ1) is 42.6. The maximum atomic E-state index is 12.9. The molecule has 2 atom stereocenters. The van der Waals surface area contributed by atoms with E-state index in [2.05, 4.69) is 135 Å². The number of unbranched alkanes of at least 4 members (excludes halogenated alkanes) is 30. The summed E-state index contributed by atoms with van der Waals surface area (Å²) in [6.45, 7) is 4.63. The fraction of sp³-hybridized carbons (Fsp3) is 0.705. The van der Waals surface area contributed by atoms with E-state index in [0.29, 0.717) is 17.4 Å². The largest absolute Gasteiger partial charge is 0.545 e. The van der Waals surface area contributed by atoms with Gasteiger partial charge in [-0.15, -0.1) is 0 Å². The number of aliphatic carboxylic acids is 1. The Morgan fingerprint density at radius 2 is 0.655 bits per heavy atom. The SMILES string of the molecule is CC/C=C\C/C=C\C/C=C\C/C=C\C/C=C\C/C=C\C/C=C\CCCCCCCCCCCCCC(=O)OC(COC(=O)CCCCCCCCCCCCCCCC/C=C\C/C=C\C/C=C\CCCCCCC)COC(OCC[N+](C)(C)C)C(=O)[O-]. The quantitative estimate of drug-likeness (QED) is 0.0195. The van der Waals surface area contributed by atoms with Crippen molar-refractivity contribution < 1.29 is 42.9 Å². The van der Waals surface area contributed by atoms with Crippen LogP contribution in [-0.2, 0) is 33.3 Å². The molecule has 0 radical (unpaired) electrons. The summed E-state index contributed by atoms with van der Waals surface area (Å²) in [6, 6.07) is 0. The summed E-state index contributed by atoms with van der Waals surface area (Å²) in [7, 11) is 5.93. The number of carboxylic acid groups (broad SMARTS) is 1. The van der Waals surface area contributed by atoms with E-state index in [-0.39, 0.29) is 38.6 Å². The number of esters is 2. The molecule has 0 aliphatic carbocycles. The molecule has 9 nitrogen and oxygen atoms in total. The topological polar surface area (TPSA) is 111 Å². The van der Waals surface area contributed by atoms with Gasteiger partial charge in [0.1, 0.15) is 13.2 Å². The number of rotatable bonds is 65. The summed E-state index contributed by atoms with van der Waals surface area (Å²) in [5.41, 5.74) is 0. The lowest BCUT2D eigenvalue weighted by Gasteiger charge is -2.26. The number of carbonyl (C=O) groups is 3. The summed E-state index contributed by atoms with van der Waals surface area (Å²) >= 11 is 0. The lowest BCUT2D eigenvalue weighted by molar-refractivity contribution is -0.870. The molecule has 498 valence electrons. The zero-order chi connectivity index (χ0) is 63.3. The van der Waals surface area contributed by atoms with Crippen LogP contribution in [0.3, 0.4) is 0 Å². The first-order valence-electron chi connectivity index (χ1n) is 35.7. The first-order valence-corrected chi connectivity index (χ1v) is 35.7. The van der Waals surface area contributed by atoms with Crippen LogP contribution in [0, 0.1) is 0 Å². The molecular weight excluding hydrogens is 1080 g/mol. The Morgan fingerprint density at radius 3 is 0.977 bits per heavy atom. The second kappa shape index (κ2) is 67.6. The summed E-state index contributed by atoms with van der Waals surface area (Å²) in [4.78, 5) is 37.5. The van der Waals surface area contributed by atoms with Gasteiger partial charge in [-0.2, -0.15) is 0 Å². The monoisotopic (exact) mass is 1210 g/mol. The predicted octanol–water partition coefficient (Wildman–Crippen LogP) is 21.0. The summed E-state index contributed by atoms with van der Waals surface area (Å²) in [6.07, 6.45) is 92.7. The molecule has 9 heteroatoms. The summed E-state index contributed by atoms with van der Waals surface area (Å²) in [5, 5.41) is 11.8. The first kappa shape index (κ1) is 82.7. The Balaban J connectivity index is 4.15. The van der Waals surface area contributed by atoms with Crippen molar-refractivity contribution in [3.63, 3.8) is 0 Å². The van der Waals surface area contributed by atoms with Crippen molar-refractivity contribution in [2.24, 2.45) is 0 Å². The third-order valence-electron chi connectivity index (χ3n) is 15.2. The van der Waals surface area contributed by atoms with E-state index in [9.17, 15) is 19.5 Å². The molecule has 0 N–H and O–H groups in total. The lowest BCUT2D eigenvalue weighted by Crippen LogP contribution is -2.44. The van der Waals surface area contributed by atoms with Crippen molar-refractivity contribution >= 4 is 17.9 Å². The molecule has 0 aromatic carbocycles. The smallest absolute Gasteiger partial charge is 0.306 e. The number of ether oxygens (including phenoxy) is 4. The second-order valence-corrected chi connectivity index (χ2v) is 24.8. The molecule has 0 saturated carbocycles. The van der Waals surface area contributed by atoms with Gasteiger partial charge in [0.05, 0.1) is 40.3 Å². The van der Waals surface area contributed by atoms with Gasteiger partial charge in [0.25, 0.3) is 0 Å². The highest BCUT2D eigenvalue weighted by Crippen LogP contribution is 2.17. The fourth-order valence-corrected chi connectivity index (χ4v) is 9.76. The van der Waals surface area contributed by atoms with Crippen LogP contribution in [0.5, 0.6) is 0 Å². The second-order valence-electron chi connectivity index (χ2n) is 24.8. The lowest BCUT2D eigenvalue weighted by atomic mass is 10.0.